The lowest BCUT2D eigenvalue weighted by molar-refractivity contribution is -0.0458. The molecule has 300 valence electrons. The molecule has 2 heterocycles. The molecule has 0 unspecified atom stereocenters. The standard InChI is InChI=1S/C55H65N3/c1-48(2)44-40-21-17-19-23-42(40)57(46(44)50(5,6)54(13,14)52(48,9)10)37-29-25-35(26-30-37)39(33-34-56)36-27-31-38(32-28-36)58-43-24-20-18-22-41(43)45-47(58)51(7,8)55(15,16)53(11,12)49(45,3)4/h17-33H,1-16H3. The Bertz CT molecular complexity index is 2520. The number of aromatic nitrogens is 2. The minimum absolute atomic E-state index is 0.00240. The summed E-state index contributed by atoms with van der Waals surface area (Å²) >= 11 is 0. The molecule has 0 saturated carbocycles. The monoisotopic (exact) mass is 768 g/mol. The molecular formula is C55H65N3. The van der Waals surface area contributed by atoms with E-state index in [0.29, 0.717) is 0 Å². The van der Waals surface area contributed by atoms with E-state index in [0.717, 1.165) is 28.1 Å². The van der Waals surface area contributed by atoms with Crippen molar-refractivity contribution >= 4 is 27.4 Å². The van der Waals surface area contributed by atoms with Crippen LogP contribution in [0.15, 0.2) is 103 Å². The Kier molecular flexibility index (Phi) is 8.36. The molecule has 3 nitrogen and oxygen atoms in total. The first-order chi connectivity index (χ1) is 26.8. The summed E-state index contributed by atoms with van der Waals surface area (Å²) in [6, 6.07) is 38.1. The number of rotatable bonds is 4. The fraction of sp³-hybridized carbons (Fsp3) is 0.436. The number of hydrogen-bond donors (Lipinski definition) is 0. The molecule has 0 N–H and O–H groups in total. The lowest BCUT2D eigenvalue weighted by atomic mass is 9.41. The molecule has 2 aromatic heterocycles. The van der Waals surface area contributed by atoms with Crippen molar-refractivity contribution in [2.45, 2.75) is 132 Å². The van der Waals surface area contributed by atoms with E-state index in [1.54, 1.807) is 6.08 Å². The Morgan fingerprint density at radius 2 is 0.741 bits per heavy atom. The summed E-state index contributed by atoms with van der Waals surface area (Å²) in [5.74, 6) is 0. The van der Waals surface area contributed by atoms with Crippen LogP contribution in [0.3, 0.4) is 0 Å². The van der Waals surface area contributed by atoms with Crippen molar-refractivity contribution in [3.8, 4) is 17.4 Å². The fourth-order valence-corrected chi connectivity index (χ4v) is 11.8. The van der Waals surface area contributed by atoms with Gasteiger partial charge in [-0.05, 0) is 96.7 Å². The van der Waals surface area contributed by atoms with Crippen LogP contribution < -0.4 is 0 Å². The van der Waals surface area contributed by atoms with E-state index in [4.69, 9.17) is 0 Å². The zero-order chi connectivity index (χ0) is 42.4. The quantitative estimate of drug-likeness (QED) is 0.165. The molecule has 8 rings (SSSR count). The lowest BCUT2D eigenvalue weighted by Gasteiger charge is -2.63. The second-order valence-corrected chi connectivity index (χ2v) is 21.9. The van der Waals surface area contributed by atoms with Gasteiger partial charge in [0.25, 0.3) is 0 Å². The number of nitriles is 1. The van der Waals surface area contributed by atoms with E-state index < -0.39 is 0 Å². The van der Waals surface area contributed by atoms with Crippen LogP contribution in [0.4, 0.5) is 0 Å². The Hall–Kier alpha value is -4.81. The van der Waals surface area contributed by atoms with E-state index >= 15 is 0 Å². The first-order valence-corrected chi connectivity index (χ1v) is 21.4. The zero-order valence-electron chi connectivity index (χ0n) is 38.2. The van der Waals surface area contributed by atoms with Gasteiger partial charge in [0, 0.05) is 50.4 Å². The summed E-state index contributed by atoms with van der Waals surface area (Å²) in [5, 5.41) is 12.8. The molecule has 0 radical (unpaired) electrons. The zero-order valence-corrected chi connectivity index (χ0v) is 38.2. The van der Waals surface area contributed by atoms with Crippen molar-refractivity contribution in [2.24, 2.45) is 21.7 Å². The Morgan fingerprint density at radius 1 is 0.431 bits per heavy atom. The highest BCUT2D eigenvalue weighted by Gasteiger charge is 2.64. The third-order valence-corrected chi connectivity index (χ3v) is 18.6. The van der Waals surface area contributed by atoms with Crippen molar-refractivity contribution in [1.29, 1.82) is 5.26 Å². The highest BCUT2D eigenvalue weighted by Crippen LogP contribution is 2.68. The van der Waals surface area contributed by atoms with Crippen LogP contribution in [0.5, 0.6) is 0 Å². The average Bonchev–Trinajstić information content (AvgIpc) is 3.72. The predicted octanol–water partition coefficient (Wildman–Crippen LogP) is 14.8. The van der Waals surface area contributed by atoms with Gasteiger partial charge in [-0.2, -0.15) is 5.26 Å². The fourth-order valence-electron chi connectivity index (χ4n) is 11.8. The predicted molar refractivity (Wildman–Crippen MR) is 246 cm³/mol. The van der Waals surface area contributed by atoms with E-state index in [-0.39, 0.29) is 43.3 Å². The average molecular weight is 768 g/mol. The van der Waals surface area contributed by atoms with Crippen LogP contribution in [0.25, 0.3) is 38.8 Å². The van der Waals surface area contributed by atoms with E-state index in [1.165, 1.54) is 44.3 Å². The minimum Gasteiger partial charge on any atom is -0.313 e. The molecule has 0 saturated heterocycles. The molecule has 3 heteroatoms. The topological polar surface area (TPSA) is 33.6 Å². The summed E-state index contributed by atoms with van der Waals surface area (Å²) in [6.45, 7) is 39.3. The summed E-state index contributed by atoms with van der Waals surface area (Å²) < 4.78 is 5.06. The first-order valence-electron chi connectivity index (χ1n) is 21.4. The van der Waals surface area contributed by atoms with Gasteiger partial charge in [-0.25, -0.2) is 0 Å². The van der Waals surface area contributed by atoms with Gasteiger partial charge in [0.1, 0.15) is 0 Å². The number of allylic oxidation sites excluding steroid dienone is 1. The van der Waals surface area contributed by atoms with Gasteiger partial charge in [0.15, 0.2) is 0 Å². The maximum absolute atomic E-state index is 10.1. The molecule has 0 aliphatic heterocycles. The van der Waals surface area contributed by atoms with Crippen LogP contribution in [0.2, 0.25) is 0 Å². The van der Waals surface area contributed by atoms with Crippen molar-refractivity contribution in [2.75, 3.05) is 0 Å². The normalized spacial score (nSPS) is 21.2. The van der Waals surface area contributed by atoms with Gasteiger partial charge < -0.3 is 9.13 Å². The van der Waals surface area contributed by atoms with Gasteiger partial charge in [0.05, 0.1) is 17.1 Å². The number of nitrogens with zero attached hydrogens (tertiary/aromatic N) is 3. The van der Waals surface area contributed by atoms with E-state index in [2.05, 4.69) is 223 Å². The molecule has 2 aliphatic rings. The number of benzene rings is 4. The van der Waals surface area contributed by atoms with Gasteiger partial charge in [0.2, 0.25) is 0 Å². The van der Waals surface area contributed by atoms with Crippen molar-refractivity contribution in [1.82, 2.24) is 9.13 Å². The van der Waals surface area contributed by atoms with Crippen LogP contribution >= 0.6 is 0 Å². The molecule has 6 aromatic rings. The van der Waals surface area contributed by atoms with E-state index in [9.17, 15) is 5.26 Å². The maximum atomic E-state index is 10.1. The summed E-state index contributed by atoms with van der Waals surface area (Å²) in [5.41, 5.74) is 13.2. The highest BCUT2D eigenvalue weighted by molar-refractivity contribution is 5.91. The third kappa shape index (κ3) is 4.67. The van der Waals surface area contributed by atoms with Gasteiger partial charge in [-0.3, -0.25) is 0 Å². The second-order valence-electron chi connectivity index (χ2n) is 21.9. The molecule has 2 aliphatic carbocycles. The Balaban J connectivity index is 1.24. The molecule has 0 atom stereocenters. The molecular weight excluding hydrogens is 703 g/mol. The number of fused-ring (bicyclic) bond motifs is 6. The highest BCUT2D eigenvalue weighted by atomic mass is 15.0. The van der Waals surface area contributed by atoms with Crippen molar-refractivity contribution in [3.05, 3.63) is 137 Å². The number of para-hydroxylation sites is 2. The molecule has 0 fully saturated rings. The van der Waals surface area contributed by atoms with E-state index in [1.807, 2.05) is 0 Å². The maximum Gasteiger partial charge on any atom is 0.0918 e. The number of hydrogen-bond acceptors (Lipinski definition) is 1. The molecule has 58 heavy (non-hydrogen) atoms. The third-order valence-electron chi connectivity index (χ3n) is 18.6. The van der Waals surface area contributed by atoms with Gasteiger partial charge >= 0.3 is 0 Å². The summed E-state index contributed by atoms with van der Waals surface area (Å²) in [6.07, 6.45) is 1.70. The summed E-state index contributed by atoms with van der Waals surface area (Å²) in [7, 11) is 0. The largest absolute Gasteiger partial charge is 0.313 e. The Morgan fingerprint density at radius 3 is 1.07 bits per heavy atom. The molecule has 0 amide bonds. The molecule has 4 aromatic carbocycles. The molecule has 0 bridgehead atoms. The van der Waals surface area contributed by atoms with Crippen LogP contribution in [0, 0.1) is 33.0 Å². The first kappa shape index (κ1) is 40.0. The van der Waals surface area contributed by atoms with Crippen LogP contribution in [-0.4, -0.2) is 9.13 Å². The Labute approximate surface area is 348 Å². The lowest BCUT2D eigenvalue weighted by Crippen LogP contribution is -2.60. The van der Waals surface area contributed by atoms with Crippen molar-refractivity contribution < 1.29 is 0 Å². The van der Waals surface area contributed by atoms with Crippen LogP contribution in [-0.2, 0) is 21.7 Å². The van der Waals surface area contributed by atoms with Crippen molar-refractivity contribution in [3.63, 3.8) is 0 Å². The smallest absolute Gasteiger partial charge is 0.0918 e. The second kappa shape index (κ2) is 12.1. The van der Waals surface area contributed by atoms with Gasteiger partial charge in [-0.1, -0.05) is 171 Å². The van der Waals surface area contributed by atoms with Gasteiger partial charge in [-0.15, -0.1) is 0 Å². The van der Waals surface area contributed by atoms with Crippen LogP contribution in [0.1, 0.15) is 144 Å². The SMILES string of the molecule is CC1(C)c2c(n(-c3ccc(C(=CC#N)c4ccc(-n5c6c(c7ccccc75)C(C)(C)C(C)(C)C(C)(C)C6(C)C)cc4)cc3)c3ccccc23)C(C)(C)C(C)(C)C1(C)C. The molecule has 0 spiro atoms. The summed E-state index contributed by atoms with van der Waals surface area (Å²) in [4.78, 5) is 0. The minimum atomic E-state index is -0.117.